The van der Waals surface area contributed by atoms with Gasteiger partial charge in [-0.3, -0.25) is 0 Å². The topological polar surface area (TPSA) is 155 Å². The van der Waals surface area contributed by atoms with E-state index < -0.39 is 48.3 Å². The predicted octanol–water partition coefficient (Wildman–Crippen LogP) is 8.51. The molecule has 21 heteroatoms. The second-order valence-electron chi connectivity index (χ2n) is 13.2. The molecule has 0 amide bonds. The first-order chi connectivity index (χ1) is 26.4. The van der Waals surface area contributed by atoms with Crippen molar-refractivity contribution in [3.8, 4) is 34.2 Å². The molecule has 302 valence electrons. The number of sulfone groups is 2. The highest BCUT2D eigenvalue weighted by Crippen LogP contribution is 2.39. The summed E-state index contributed by atoms with van der Waals surface area (Å²) in [6, 6.07) is 14.2. The molecule has 0 N–H and O–H groups in total. The van der Waals surface area contributed by atoms with Gasteiger partial charge in [-0.2, -0.15) is 46.5 Å². The number of alkyl halides is 6. The van der Waals surface area contributed by atoms with Crippen molar-refractivity contribution in [2.75, 3.05) is 12.5 Å². The largest absolute Gasteiger partial charge is 0.416 e. The number of aromatic nitrogens is 8. The van der Waals surface area contributed by atoms with Gasteiger partial charge in [-0.1, -0.05) is 52.0 Å². The Balaban J connectivity index is 0.000000218. The average molecular weight is 900 g/mol. The number of rotatable bonds is 8. The molecule has 0 fully saturated rings. The SMILES string of the molecule is CC(C)c1cc(-c2cccc(C(F)(F)F)c2)n(-c2ccnc(S(C)(=O)=O)n2)n1.CC(C)c1nn(-c2ccnc(S(C)(=O)=O)n2)c(-c2cccc(C(F)(F)F)c2)c1Br. The fraction of sp³-hybridized carbons (Fsp3) is 0.278. The molecule has 6 rings (SSSR count). The molecule has 57 heavy (non-hydrogen) atoms. The highest BCUT2D eigenvalue weighted by Gasteiger charge is 2.32. The van der Waals surface area contributed by atoms with Crippen LogP contribution in [-0.2, 0) is 32.0 Å². The predicted molar refractivity (Wildman–Crippen MR) is 201 cm³/mol. The van der Waals surface area contributed by atoms with Gasteiger partial charge in [0.15, 0.2) is 11.6 Å². The Morgan fingerprint density at radius 1 is 0.632 bits per heavy atom. The van der Waals surface area contributed by atoms with Gasteiger partial charge in [-0.25, -0.2) is 36.2 Å². The number of benzene rings is 2. The molecule has 0 spiro atoms. The van der Waals surface area contributed by atoms with Gasteiger partial charge in [0.1, 0.15) is 0 Å². The standard InChI is InChI=1S/C18H16BrF3N4O2S.C18H17F3N4O2S/c1-10(2)15-14(19)16(11-5-4-6-12(9-11)18(20,21)22)26(25-15)13-7-8-23-17(24-13)29(3,27)28;1-11(2)14-10-15(12-5-4-6-13(9-12)18(19,20)21)25(24-14)16-7-8-22-17(23-16)28(3,26)27/h4-10H,1-3H3;4-11H,1-3H3. The molecular formula is C36H33BrF6N8O4S2. The third-order valence-electron chi connectivity index (χ3n) is 8.00. The molecule has 12 nitrogen and oxygen atoms in total. The van der Waals surface area contributed by atoms with E-state index >= 15 is 0 Å². The van der Waals surface area contributed by atoms with Gasteiger partial charge in [0.2, 0.25) is 30.0 Å². The molecule has 0 saturated heterocycles. The van der Waals surface area contributed by atoms with Crippen molar-refractivity contribution in [1.82, 2.24) is 39.5 Å². The van der Waals surface area contributed by atoms with Gasteiger partial charge in [0.05, 0.1) is 38.4 Å². The van der Waals surface area contributed by atoms with Gasteiger partial charge >= 0.3 is 12.4 Å². The molecule has 6 aromatic rings. The first-order valence-corrected chi connectivity index (χ1v) is 21.2. The normalized spacial score (nSPS) is 12.5. The van der Waals surface area contributed by atoms with Crippen LogP contribution >= 0.6 is 15.9 Å². The van der Waals surface area contributed by atoms with Crippen molar-refractivity contribution in [1.29, 1.82) is 0 Å². The van der Waals surface area contributed by atoms with E-state index in [0.29, 0.717) is 27.2 Å². The lowest BCUT2D eigenvalue weighted by atomic mass is 10.1. The van der Waals surface area contributed by atoms with E-state index in [0.717, 1.165) is 36.8 Å². The zero-order valence-electron chi connectivity index (χ0n) is 30.8. The summed E-state index contributed by atoms with van der Waals surface area (Å²) in [5.41, 5.74) is 0.873. The summed E-state index contributed by atoms with van der Waals surface area (Å²) in [6.07, 6.45) is -4.52. The van der Waals surface area contributed by atoms with Crippen molar-refractivity contribution in [2.45, 2.75) is 62.2 Å². The third kappa shape index (κ3) is 9.93. The van der Waals surface area contributed by atoms with Crippen molar-refractivity contribution >= 4 is 35.6 Å². The quantitative estimate of drug-likeness (QED) is 0.107. The highest BCUT2D eigenvalue weighted by atomic mass is 79.9. The van der Waals surface area contributed by atoms with Gasteiger partial charge in [-0.05, 0) is 58.1 Å². The first-order valence-electron chi connectivity index (χ1n) is 16.7. The Kier molecular flexibility index (Phi) is 12.2. The van der Waals surface area contributed by atoms with Gasteiger partial charge in [-0.15, -0.1) is 0 Å². The molecule has 0 aliphatic heterocycles. The van der Waals surface area contributed by atoms with Crippen LogP contribution in [-0.4, -0.2) is 68.8 Å². The van der Waals surface area contributed by atoms with Gasteiger partial charge in [0.25, 0.3) is 0 Å². The van der Waals surface area contributed by atoms with E-state index in [9.17, 15) is 43.2 Å². The number of nitrogens with zero attached hydrogens (tertiary/aromatic N) is 8. The Labute approximate surface area is 332 Å². The van der Waals surface area contributed by atoms with Crippen LogP contribution < -0.4 is 0 Å². The lowest BCUT2D eigenvalue weighted by molar-refractivity contribution is -0.138. The zero-order valence-corrected chi connectivity index (χ0v) is 34.1. The van der Waals surface area contributed by atoms with Crippen LogP contribution in [0.25, 0.3) is 34.2 Å². The summed E-state index contributed by atoms with van der Waals surface area (Å²) in [5, 5.41) is 8.11. The molecule has 0 aliphatic rings. The molecule has 0 aliphatic carbocycles. The van der Waals surface area contributed by atoms with E-state index in [2.05, 4.69) is 46.1 Å². The Morgan fingerprint density at radius 3 is 1.56 bits per heavy atom. The fourth-order valence-electron chi connectivity index (χ4n) is 5.22. The van der Waals surface area contributed by atoms with Crippen molar-refractivity contribution < 1.29 is 43.2 Å². The zero-order chi connectivity index (χ0) is 42.2. The molecular weight excluding hydrogens is 866 g/mol. The highest BCUT2D eigenvalue weighted by molar-refractivity contribution is 9.10. The van der Waals surface area contributed by atoms with Gasteiger partial charge < -0.3 is 0 Å². The van der Waals surface area contributed by atoms with Crippen LogP contribution in [0, 0.1) is 0 Å². The molecule has 4 aromatic heterocycles. The minimum Gasteiger partial charge on any atom is -0.227 e. The molecule has 0 atom stereocenters. The average Bonchev–Trinajstić information content (AvgIpc) is 3.73. The van der Waals surface area contributed by atoms with Crippen LogP contribution in [0.1, 0.15) is 62.0 Å². The summed E-state index contributed by atoms with van der Waals surface area (Å²) >= 11 is 3.44. The summed E-state index contributed by atoms with van der Waals surface area (Å²) in [7, 11) is -7.34. The molecule has 2 aromatic carbocycles. The summed E-state index contributed by atoms with van der Waals surface area (Å²) in [6.45, 7) is 7.56. The van der Waals surface area contributed by atoms with E-state index in [1.54, 1.807) is 6.07 Å². The van der Waals surface area contributed by atoms with Crippen LogP contribution in [0.3, 0.4) is 0 Å². The first kappa shape index (κ1) is 43.1. The van der Waals surface area contributed by atoms with Crippen molar-refractivity contribution in [3.05, 3.63) is 106 Å². The Hall–Kier alpha value is -5.02. The summed E-state index contributed by atoms with van der Waals surface area (Å²) < 4.78 is 129. The Bertz CT molecular complexity index is 2660. The molecule has 0 unspecified atom stereocenters. The molecule has 0 radical (unpaired) electrons. The van der Waals surface area contributed by atoms with Crippen molar-refractivity contribution in [3.63, 3.8) is 0 Å². The van der Waals surface area contributed by atoms with Crippen LogP contribution in [0.4, 0.5) is 26.3 Å². The number of hydrogen-bond donors (Lipinski definition) is 0. The second-order valence-corrected chi connectivity index (χ2v) is 17.8. The smallest absolute Gasteiger partial charge is 0.227 e. The maximum atomic E-state index is 13.2. The summed E-state index contributed by atoms with van der Waals surface area (Å²) in [5.74, 6) is 0.226. The molecule has 0 bridgehead atoms. The maximum absolute atomic E-state index is 13.2. The van der Waals surface area contributed by atoms with E-state index in [-0.39, 0.29) is 39.8 Å². The minimum absolute atomic E-state index is 0.00187. The van der Waals surface area contributed by atoms with Gasteiger partial charge in [0, 0.05) is 48.2 Å². The minimum atomic E-state index is -4.51. The lowest BCUT2D eigenvalue weighted by Crippen LogP contribution is -2.09. The van der Waals surface area contributed by atoms with E-state index in [1.165, 1.54) is 58.2 Å². The second kappa shape index (κ2) is 16.1. The number of halogens is 7. The molecule has 0 saturated carbocycles. The van der Waals surface area contributed by atoms with Crippen molar-refractivity contribution in [2.24, 2.45) is 0 Å². The molecule has 4 heterocycles. The number of hydrogen-bond acceptors (Lipinski definition) is 10. The monoisotopic (exact) mass is 898 g/mol. The van der Waals surface area contributed by atoms with Crippen LogP contribution in [0.5, 0.6) is 0 Å². The fourth-order valence-corrected chi connectivity index (χ4v) is 7.17. The third-order valence-corrected chi connectivity index (χ3v) is 10.5. The summed E-state index contributed by atoms with van der Waals surface area (Å²) in [4.78, 5) is 15.6. The lowest BCUT2D eigenvalue weighted by Gasteiger charge is -2.11. The van der Waals surface area contributed by atoms with E-state index in [1.807, 2.05) is 27.7 Å². The maximum Gasteiger partial charge on any atom is 0.416 e. The van der Waals surface area contributed by atoms with Crippen LogP contribution in [0.2, 0.25) is 0 Å². The van der Waals surface area contributed by atoms with E-state index in [4.69, 9.17) is 0 Å². The van der Waals surface area contributed by atoms with Crippen LogP contribution in [0.15, 0.2) is 93.9 Å². The Morgan fingerprint density at radius 2 is 1.11 bits per heavy atom.